The van der Waals surface area contributed by atoms with Crippen LogP contribution in [0.1, 0.15) is 34.7 Å². The first-order valence-electron chi connectivity index (χ1n) is 10.5. The van der Waals surface area contributed by atoms with Crippen LogP contribution in [-0.2, 0) is 14.8 Å². The number of rotatable bonds is 5. The molecule has 1 aliphatic rings. The monoisotopic (exact) mass is 576 g/mol. The van der Waals surface area contributed by atoms with E-state index in [-0.39, 0.29) is 16.4 Å². The molecule has 4 rings (SSSR count). The molecule has 1 aliphatic heterocycles. The van der Waals surface area contributed by atoms with Crippen molar-refractivity contribution >= 4 is 79.5 Å². The van der Waals surface area contributed by atoms with Crippen molar-refractivity contribution in [3.63, 3.8) is 0 Å². The molecule has 0 atom stereocenters. The van der Waals surface area contributed by atoms with Crippen LogP contribution in [0.2, 0.25) is 5.02 Å². The van der Waals surface area contributed by atoms with Gasteiger partial charge in [-0.05, 0) is 54.7 Å². The predicted molar refractivity (Wildman–Crippen MR) is 137 cm³/mol. The Morgan fingerprint density at radius 1 is 1.11 bits per heavy atom. The highest BCUT2D eigenvalue weighted by atomic mass is 35.6. The number of alkyl halides is 3. The van der Waals surface area contributed by atoms with Gasteiger partial charge in [0.25, 0.3) is 19.7 Å². The summed E-state index contributed by atoms with van der Waals surface area (Å²) in [6.07, 6.45) is 2.95. The van der Waals surface area contributed by atoms with Crippen LogP contribution in [0, 0.1) is 0 Å². The average molecular weight is 578 g/mol. The molecule has 0 spiro atoms. The van der Waals surface area contributed by atoms with Crippen LogP contribution in [-0.4, -0.2) is 53.5 Å². The third-order valence-electron chi connectivity index (χ3n) is 6.11. The van der Waals surface area contributed by atoms with Crippen LogP contribution < -0.4 is 4.74 Å². The summed E-state index contributed by atoms with van der Waals surface area (Å²) in [7, 11) is -2.57. The maximum atomic E-state index is 13.6. The van der Waals surface area contributed by atoms with Gasteiger partial charge in [-0.3, -0.25) is 9.59 Å². The molecular formula is C23H20Cl4N2O5S. The second kappa shape index (κ2) is 9.82. The molecule has 2 aromatic carbocycles. The normalized spacial score (nSPS) is 15.4. The van der Waals surface area contributed by atoms with Gasteiger partial charge in [-0.15, -0.1) is 0 Å². The smallest absolute Gasteiger partial charge is 0.274 e. The molecular weight excluding hydrogens is 558 g/mol. The molecule has 35 heavy (non-hydrogen) atoms. The fraction of sp³-hybridized carbons (Fsp3) is 0.304. The zero-order valence-electron chi connectivity index (χ0n) is 18.4. The van der Waals surface area contributed by atoms with Gasteiger partial charge in [0.2, 0.25) is 0 Å². The van der Waals surface area contributed by atoms with Crippen LogP contribution in [0.5, 0.6) is 5.75 Å². The molecule has 0 radical (unpaired) electrons. The lowest BCUT2D eigenvalue weighted by Gasteiger charge is -2.34. The van der Waals surface area contributed by atoms with Crippen LogP contribution in [0.4, 0.5) is 0 Å². The van der Waals surface area contributed by atoms with E-state index in [1.54, 1.807) is 24.3 Å². The zero-order valence-corrected chi connectivity index (χ0v) is 22.2. The number of fused-ring (bicyclic) bond motifs is 1. The van der Waals surface area contributed by atoms with Gasteiger partial charge in [0.1, 0.15) is 5.75 Å². The maximum absolute atomic E-state index is 13.6. The first kappa shape index (κ1) is 26.1. The number of ether oxygens (including phenoxy) is 1. The summed E-state index contributed by atoms with van der Waals surface area (Å²) in [4.78, 5) is 25.3. The van der Waals surface area contributed by atoms with Gasteiger partial charge < -0.3 is 9.64 Å². The van der Waals surface area contributed by atoms with Crippen molar-refractivity contribution in [3.8, 4) is 5.75 Å². The lowest BCUT2D eigenvalue weighted by Crippen LogP contribution is -2.43. The van der Waals surface area contributed by atoms with Gasteiger partial charge in [-0.1, -0.05) is 52.5 Å². The summed E-state index contributed by atoms with van der Waals surface area (Å²) in [6, 6.07) is 9.33. The summed E-state index contributed by atoms with van der Waals surface area (Å²) >= 11 is 23.3. The third-order valence-corrected chi connectivity index (χ3v) is 8.50. The van der Waals surface area contributed by atoms with Gasteiger partial charge in [0, 0.05) is 35.3 Å². The van der Waals surface area contributed by atoms with E-state index in [4.69, 9.17) is 51.1 Å². The van der Waals surface area contributed by atoms with E-state index in [0.717, 1.165) is 3.97 Å². The van der Waals surface area contributed by atoms with E-state index in [9.17, 15) is 18.0 Å². The number of amides is 1. The van der Waals surface area contributed by atoms with E-state index >= 15 is 0 Å². The highest BCUT2D eigenvalue weighted by molar-refractivity contribution is 7.90. The van der Waals surface area contributed by atoms with E-state index in [2.05, 4.69) is 0 Å². The lowest BCUT2D eigenvalue weighted by molar-refractivity contribution is -0.131. The molecule has 7 nitrogen and oxygen atoms in total. The molecule has 0 bridgehead atoms. The fourth-order valence-corrected chi connectivity index (χ4v) is 6.30. The first-order chi connectivity index (χ1) is 16.5. The second-order valence-corrected chi connectivity index (χ2v) is 12.7. The molecule has 3 aromatic rings. The van der Waals surface area contributed by atoms with E-state index in [0.29, 0.717) is 59.5 Å². The molecule has 12 heteroatoms. The number of carbonyl (C=O) groups is 2. The first-order valence-corrected chi connectivity index (χ1v) is 13.5. The number of aromatic nitrogens is 1. The van der Waals surface area contributed by atoms with Crippen molar-refractivity contribution in [2.24, 2.45) is 0 Å². The Morgan fingerprint density at radius 2 is 1.80 bits per heavy atom. The number of carbonyl (C=O) groups excluding carboxylic acids is 2. The topological polar surface area (TPSA) is 85.7 Å². The average Bonchev–Trinajstić information content (AvgIpc) is 3.21. The number of likely N-dealkylation sites (tertiary alicyclic amines) is 1. The number of piperidine rings is 1. The number of aldehydes is 1. The Morgan fingerprint density at radius 3 is 2.40 bits per heavy atom. The van der Waals surface area contributed by atoms with Crippen molar-refractivity contribution in [3.05, 3.63) is 58.7 Å². The van der Waals surface area contributed by atoms with Gasteiger partial charge in [0.15, 0.2) is 6.29 Å². The molecule has 186 valence electrons. The predicted octanol–water partition coefficient (Wildman–Crippen LogP) is 5.43. The summed E-state index contributed by atoms with van der Waals surface area (Å²) < 4.78 is 31.8. The molecule has 1 amide bonds. The highest BCUT2D eigenvalue weighted by Gasteiger charge is 2.37. The molecule has 0 aliphatic carbocycles. The van der Waals surface area contributed by atoms with Crippen molar-refractivity contribution in [1.82, 2.24) is 8.87 Å². The molecule has 0 saturated carbocycles. The fourth-order valence-electron chi connectivity index (χ4n) is 4.37. The van der Waals surface area contributed by atoms with E-state index < -0.39 is 19.7 Å². The second-order valence-electron chi connectivity index (χ2n) is 8.13. The number of hydrogen-bond acceptors (Lipinski definition) is 5. The lowest BCUT2D eigenvalue weighted by atomic mass is 9.89. The number of methoxy groups -OCH3 is 1. The molecule has 1 saturated heterocycles. The number of benzene rings is 2. The maximum Gasteiger partial charge on any atom is 0.274 e. The van der Waals surface area contributed by atoms with Gasteiger partial charge in [-0.25, -0.2) is 12.4 Å². The van der Waals surface area contributed by atoms with Crippen molar-refractivity contribution in [2.75, 3.05) is 20.2 Å². The Hall–Kier alpha value is -1.97. The number of hydrogen-bond donors (Lipinski definition) is 0. The Balaban J connectivity index is 1.71. The van der Waals surface area contributed by atoms with E-state index in [1.807, 2.05) is 0 Å². The summed E-state index contributed by atoms with van der Waals surface area (Å²) in [5.74, 6) is -0.140. The molecule has 0 unspecified atom stereocenters. The third kappa shape index (κ3) is 5.00. The molecule has 0 N–H and O–H groups in total. The van der Waals surface area contributed by atoms with Gasteiger partial charge in [-0.2, -0.15) is 0 Å². The summed E-state index contributed by atoms with van der Waals surface area (Å²) in [5.41, 5.74) is 1.23. The highest BCUT2D eigenvalue weighted by Crippen LogP contribution is 2.38. The zero-order chi connectivity index (χ0) is 25.5. The van der Waals surface area contributed by atoms with Crippen molar-refractivity contribution < 1.29 is 22.7 Å². The standard InChI is InChI=1S/C23H20Cl4N2O5S/c1-34-21-5-3-17(11-19(21)14-6-8-28(9-7-14)22(31)23(25,26)27)35(32,33)29-12-15(13-30)18-4-2-16(24)10-20(18)29/h2-5,10-14H,6-9H2,1H3. The molecule has 1 fully saturated rings. The molecule has 2 heterocycles. The van der Waals surface area contributed by atoms with Crippen LogP contribution >= 0.6 is 46.4 Å². The van der Waals surface area contributed by atoms with Crippen molar-refractivity contribution in [2.45, 2.75) is 27.4 Å². The number of nitrogens with zero attached hydrogens (tertiary/aromatic N) is 2. The molecule has 1 aromatic heterocycles. The summed E-state index contributed by atoms with van der Waals surface area (Å²) in [5, 5.41) is 0.823. The van der Waals surface area contributed by atoms with E-state index in [1.165, 1.54) is 30.3 Å². The Labute approximate surface area is 222 Å². The van der Waals surface area contributed by atoms with Crippen molar-refractivity contribution in [1.29, 1.82) is 0 Å². The van der Waals surface area contributed by atoms with Gasteiger partial charge in [0.05, 0.1) is 17.5 Å². The van der Waals surface area contributed by atoms with Gasteiger partial charge >= 0.3 is 0 Å². The van der Waals surface area contributed by atoms with Crippen LogP contribution in [0.3, 0.4) is 0 Å². The van der Waals surface area contributed by atoms with Crippen LogP contribution in [0.15, 0.2) is 47.5 Å². The SMILES string of the molecule is COc1ccc(S(=O)(=O)n2cc(C=O)c3ccc(Cl)cc32)cc1C1CCN(C(=O)C(Cl)(Cl)Cl)CC1. The minimum atomic E-state index is -4.07. The Bertz CT molecular complexity index is 1410. The Kier molecular flexibility index (Phi) is 7.33. The number of halogens is 4. The minimum absolute atomic E-state index is 0.0300. The largest absolute Gasteiger partial charge is 0.496 e. The quantitative estimate of drug-likeness (QED) is 0.298. The summed E-state index contributed by atoms with van der Waals surface area (Å²) in [6.45, 7) is 0.696. The van der Waals surface area contributed by atoms with Crippen LogP contribution in [0.25, 0.3) is 10.9 Å². The minimum Gasteiger partial charge on any atom is -0.496 e.